The molecule has 5 nitrogen and oxygen atoms in total. The predicted molar refractivity (Wildman–Crippen MR) is 143 cm³/mol. The number of benzene rings is 2. The summed E-state index contributed by atoms with van der Waals surface area (Å²) in [5.74, 6) is 0.673. The maximum Gasteiger partial charge on any atom is 0.260 e. The third kappa shape index (κ3) is 4.87. The first-order valence-corrected chi connectivity index (χ1v) is 12.3. The van der Waals surface area contributed by atoms with Gasteiger partial charge in [-0.05, 0) is 79.3 Å². The van der Waals surface area contributed by atoms with E-state index in [-0.39, 0.29) is 16.8 Å². The number of hydrogen-bond donors (Lipinski definition) is 2. The Kier molecular flexibility index (Phi) is 6.54. The SMILES string of the molecule is COc1ccc(C)cc1NC1NC(=O)/C(=C/c2cc(C)n(-c3ccc(C(C)(C)C)cc3)c2C)S1. The quantitative estimate of drug-likeness (QED) is 0.425. The fourth-order valence-corrected chi connectivity index (χ4v) is 5.19. The van der Waals surface area contributed by atoms with Crippen LogP contribution in [0.4, 0.5) is 5.69 Å². The third-order valence-electron chi connectivity index (χ3n) is 6.12. The van der Waals surface area contributed by atoms with Crippen molar-refractivity contribution in [3.8, 4) is 11.4 Å². The van der Waals surface area contributed by atoms with Crippen molar-refractivity contribution < 1.29 is 9.53 Å². The molecule has 0 radical (unpaired) electrons. The van der Waals surface area contributed by atoms with Gasteiger partial charge in [-0.15, -0.1) is 0 Å². The second-order valence-corrected chi connectivity index (χ2v) is 10.9. The molecule has 1 aliphatic heterocycles. The van der Waals surface area contributed by atoms with E-state index in [0.29, 0.717) is 4.91 Å². The van der Waals surface area contributed by atoms with E-state index in [1.54, 1.807) is 7.11 Å². The van der Waals surface area contributed by atoms with Crippen molar-refractivity contribution in [3.05, 3.63) is 81.5 Å². The first kappa shape index (κ1) is 24.0. The monoisotopic (exact) mass is 475 g/mol. The maximum atomic E-state index is 12.7. The second kappa shape index (κ2) is 9.26. The highest BCUT2D eigenvalue weighted by molar-refractivity contribution is 8.05. The van der Waals surface area contributed by atoms with Crippen LogP contribution in [-0.2, 0) is 10.2 Å². The van der Waals surface area contributed by atoms with Gasteiger partial charge in [0.05, 0.1) is 17.7 Å². The summed E-state index contributed by atoms with van der Waals surface area (Å²) in [4.78, 5) is 13.4. The number of carbonyl (C=O) groups is 1. The zero-order valence-corrected chi connectivity index (χ0v) is 21.8. The molecule has 34 heavy (non-hydrogen) atoms. The van der Waals surface area contributed by atoms with Gasteiger partial charge in [-0.2, -0.15) is 0 Å². The van der Waals surface area contributed by atoms with E-state index in [1.807, 2.05) is 31.2 Å². The number of aryl methyl sites for hydroxylation is 2. The molecule has 2 N–H and O–H groups in total. The van der Waals surface area contributed by atoms with Crippen LogP contribution in [0.2, 0.25) is 0 Å². The normalized spacial score (nSPS) is 17.2. The largest absolute Gasteiger partial charge is 0.495 e. The molecular weight excluding hydrogens is 442 g/mol. The molecule has 1 fully saturated rings. The summed E-state index contributed by atoms with van der Waals surface area (Å²) >= 11 is 1.48. The number of nitrogens with zero attached hydrogens (tertiary/aromatic N) is 1. The molecule has 0 aliphatic carbocycles. The Morgan fingerprint density at radius 2 is 1.76 bits per heavy atom. The fourth-order valence-electron chi connectivity index (χ4n) is 4.22. The van der Waals surface area contributed by atoms with Crippen LogP contribution in [-0.4, -0.2) is 23.1 Å². The lowest BCUT2D eigenvalue weighted by molar-refractivity contribution is -0.116. The zero-order chi connectivity index (χ0) is 24.6. The van der Waals surface area contributed by atoms with Crippen LogP contribution < -0.4 is 15.4 Å². The van der Waals surface area contributed by atoms with E-state index >= 15 is 0 Å². The van der Waals surface area contributed by atoms with Gasteiger partial charge in [-0.1, -0.05) is 50.7 Å². The van der Waals surface area contributed by atoms with E-state index < -0.39 is 0 Å². The Labute approximate surface area is 206 Å². The van der Waals surface area contributed by atoms with Crippen molar-refractivity contribution in [3.63, 3.8) is 0 Å². The van der Waals surface area contributed by atoms with Gasteiger partial charge in [0.25, 0.3) is 5.91 Å². The maximum absolute atomic E-state index is 12.7. The number of hydrogen-bond acceptors (Lipinski definition) is 4. The summed E-state index contributed by atoms with van der Waals surface area (Å²) in [6, 6.07) is 16.8. The molecule has 6 heteroatoms. The number of aromatic nitrogens is 1. The van der Waals surface area contributed by atoms with E-state index in [1.165, 1.54) is 17.3 Å². The molecule has 1 amide bonds. The van der Waals surface area contributed by atoms with E-state index in [4.69, 9.17) is 4.74 Å². The Bertz CT molecular complexity index is 1250. The van der Waals surface area contributed by atoms with Crippen molar-refractivity contribution in [2.75, 3.05) is 12.4 Å². The number of amides is 1. The van der Waals surface area contributed by atoms with Crippen LogP contribution in [0.15, 0.2) is 53.4 Å². The van der Waals surface area contributed by atoms with Crippen LogP contribution in [0.5, 0.6) is 5.75 Å². The van der Waals surface area contributed by atoms with Gasteiger partial charge in [0.2, 0.25) is 0 Å². The minimum absolute atomic E-state index is 0.0755. The predicted octanol–water partition coefficient (Wildman–Crippen LogP) is 6.31. The number of methoxy groups -OCH3 is 1. The molecule has 2 aromatic carbocycles. The van der Waals surface area contributed by atoms with Crippen molar-refractivity contribution >= 4 is 29.4 Å². The topological polar surface area (TPSA) is 55.3 Å². The molecule has 3 aromatic rings. The number of thioether (sulfide) groups is 1. The molecule has 178 valence electrons. The van der Waals surface area contributed by atoms with Gasteiger partial charge in [0.15, 0.2) is 5.50 Å². The van der Waals surface area contributed by atoms with E-state index in [2.05, 4.69) is 80.2 Å². The summed E-state index contributed by atoms with van der Waals surface area (Å²) in [6.07, 6.45) is 1.98. The summed E-state index contributed by atoms with van der Waals surface area (Å²) < 4.78 is 7.70. The lowest BCUT2D eigenvalue weighted by Gasteiger charge is -2.20. The highest BCUT2D eigenvalue weighted by atomic mass is 32.2. The Balaban J connectivity index is 1.57. The van der Waals surface area contributed by atoms with Gasteiger partial charge in [0.1, 0.15) is 5.75 Å². The second-order valence-electron chi connectivity index (χ2n) is 9.79. The van der Waals surface area contributed by atoms with Gasteiger partial charge in [-0.3, -0.25) is 4.79 Å². The summed E-state index contributed by atoms with van der Waals surface area (Å²) in [5, 5.41) is 6.40. The molecule has 1 atom stereocenters. The van der Waals surface area contributed by atoms with E-state index in [0.717, 1.165) is 39.6 Å². The van der Waals surface area contributed by atoms with E-state index in [9.17, 15) is 4.79 Å². The minimum Gasteiger partial charge on any atom is -0.495 e. The number of anilines is 1. The fraction of sp³-hybridized carbons (Fsp3) is 0.321. The van der Waals surface area contributed by atoms with Crippen LogP contribution in [0.1, 0.15) is 48.8 Å². The molecule has 1 aromatic heterocycles. The summed E-state index contributed by atoms with van der Waals surface area (Å²) in [6.45, 7) is 12.9. The van der Waals surface area contributed by atoms with Crippen molar-refractivity contribution in [1.29, 1.82) is 0 Å². The average Bonchev–Trinajstić information content (AvgIpc) is 3.25. The third-order valence-corrected chi connectivity index (χ3v) is 7.15. The Hall–Kier alpha value is -3.12. The molecule has 0 bridgehead atoms. The van der Waals surface area contributed by atoms with Gasteiger partial charge in [0, 0.05) is 17.1 Å². The summed E-state index contributed by atoms with van der Waals surface area (Å²) in [7, 11) is 1.65. The highest BCUT2D eigenvalue weighted by Crippen LogP contribution is 2.34. The zero-order valence-electron chi connectivity index (χ0n) is 20.9. The molecule has 1 saturated heterocycles. The number of ether oxygens (including phenoxy) is 1. The molecule has 2 heterocycles. The smallest absolute Gasteiger partial charge is 0.260 e. The molecule has 1 unspecified atom stereocenters. The summed E-state index contributed by atoms with van der Waals surface area (Å²) in [5.41, 5.74) is 7.57. The van der Waals surface area contributed by atoms with Crippen molar-refractivity contribution in [2.24, 2.45) is 0 Å². The van der Waals surface area contributed by atoms with Gasteiger partial charge < -0.3 is 19.9 Å². The minimum atomic E-state index is -0.261. The van der Waals surface area contributed by atoms with Crippen LogP contribution in [0, 0.1) is 20.8 Å². The molecule has 4 rings (SSSR count). The Morgan fingerprint density at radius 3 is 2.41 bits per heavy atom. The standard InChI is InChI=1S/C28H33N3O2S/c1-17-8-13-24(33-7)23(14-17)29-27-30-26(32)25(34-27)16-20-15-18(2)31(19(20)3)22-11-9-21(10-12-22)28(4,5)6/h8-16,27,29H,1-7H3,(H,30,32)/b25-16-. The van der Waals surface area contributed by atoms with Crippen molar-refractivity contribution in [2.45, 2.75) is 52.5 Å². The van der Waals surface area contributed by atoms with Gasteiger partial charge in [-0.25, -0.2) is 0 Å². The number of carbonyl (C=O) groups excluding carboxylic acids is 1. The molecular formula is C28H33N3O2S. The highest BCUT2D eigenvalue weighted by Gasteiger charge is 2.28. The van der Waals surface area contributed by atoms with Crippen LogP contribution in [0.3, 0.4) is 0 Å². The average molecular weight is 476 g/mol. The number of rotatable bonds is 5. The lowest BCUT2D eigenvalue weighted by atomic mass is 9.87. The first-order valence-electron chi connectivity index (χ1n) is 11.5. The van der Waals surface area contributed by atoms with Crippen LogP contribution >= 0.6 is 11.8 Å². The van der Waals surface area contributed by atoms with Gasteiger partial charge >= 0.3 is 0 Å². The van der Waals surface area contributed by atoms with Crippen LogP contribution in [0.25, 0.3) is 11.8 Å². The molecule has 1 aliphatic rings. The molecule has 0 saturated carbocycles. The lowest BCUT2D eigenvalue weighted by Crippen LogP contribution is -2.31. The first-order chi connectivity index (χ1) is 16.1. The molecule has 0 spiro atoms. The van der Waals surface area contributed by atoms with Crippen molar-refractivity contribution in [1.82, 2.24) is 9.88 Å². The Morgan fingerprint density at radius 1 is 1.06 bits per heavy atom. The number of nitrogens with one attached hydrogen (secondary N) is 2.